The summed E-state index contributed by atoms with van der Waals surface area (Å²) in [6.07, 6.45) is 3.61. The lowest BCUT2D eigenvalue weighted by atomic mass is 10.00. The molecule has 0 aromatic rings. The molecule has 1 aliphatic heterocycles. The van der Waals surface area contributed by atoms with Crippen molar-refractivity contribution in [3.05, 3.63) is 0 Å². The lowest BCUT2D eigenvalue weighted by Gasteiger charge is -2.30. The van der Waals surface area contributed by atoms with Crippen LogP contribution in [0.15, 0.2) is 0 Å². The smallest absolute Gasteiger partial charge is 0.317 e. The number of nitrogens with zero attached hydrogens (tertiary/aromatic N) is 1. The van der Waals surface area contributed by atoms with E-state index in [1.54, 1.807) is 0 Å². The van der Waals surface area contributed by atoms with Gasteiger partial charge in [0.25, 0.3) is 0 Å². The highest BCUT2D eigenvalue weighted by atomic mass is 16.2. The van der Waals surface area contributed by atoms with Crippen molar-refractivity contribution in [3.63, 3.8) is 0 Å². The largest absolute Gasteiger partial charge is 0.338 e. The van der Waals surface area contributed by atoms with E-state index >= 15 is 0 Å². The molecule has 3 heteroatoms. The number of nitrogens with one attached hydrogen (secondary N) is 1. The van der Waals surface area contributed by atoms with Gasteiger partial charge in [-0.2, -0.15) is 0 Å². The number of amides is 2. The van der Waals surface area contributed by atoms with Crippen LogP contribution in [0.5, 0.6) is 0 Å². The summed E-state index contributed by atoms with van der Waals surface area (Å²) in [5.74, 6) is 2.36. The van der Waals surface area contributed by atoms with Gasteiger partial charge in [-0.1, -0.05) is 13.8 Å². The topological polar surface area (TPSA) is 32.3 Å². The Bertz CT molecular complexity index is 234. The maximum Gasteiger partial charge on any atom is 0.317 e. The van der Waals surface area contributed by atoms with Crippen molar-refractivity contribution < 1.29 is 4.79 Å². The molecule has 1 N–H and O–H groups in total. The van der Waals surface area contributed by atoms with Crippen molar-refractivity contribution in [1.82, 2.24) is 10.2 Å². The highest BCUT2D eigenvalue weighted by Crippen LogP contribution is 2.36. The third-order valence-electron chi connectivity index (χ3n) is 3.86. The van der Waals surface area contributed by atoms with E-state index in [-0.39, 0.29) is 6.03 Å². The van der Waals surface area contributed by atoms with E-state index in [0.29, 0.717) is 0 Å². The molecule has 0 aromatic carbocycles. The number of urea groups is 1. The summed E-state index contributed by atoms with van der Waals surface area (Å²) in [5.41, 5.74) is 0. The summed E-state index contributed by atoms with van der Waals surface area (Å²) in [5, 5.41) is 3.05. The fourth-order valence-corrected chi connectivity index (χ4v) is 2.23. The third kappa shape index (κ3) is 2.86. The molecule has 2 amide bonds. The molecule has 2 atom stereocenters. The average Bonchev–Trinajstić information content (AvgIpc) is 2.92. The Morgan fingerprint density at radius 2 is 1.93 bits per heavy atom. The lowest BCUT2D eigenvalue weighted by Crippen LogP contribution is -2.44. The standard InChI is InChI=1S/C12H22N2O/c1-9-3-5-14(6-4-9)12(15)13-8-11-7-10(11)2/h9-11H,3-8H2,1-2H3,(H,13,15). The molecule has 86 valence electrons. The Labute approximate surface area is 92.2 Å². The molecule has 0 aromatic heterocycles. The zero-order chi connectivity index (χ0) is 10.8. The second-order valence-electron chi connectivity index (χ2n) is 5.33. The first-order chi connectivity index (χ1) is 7.16. The molecule has 0 bridgehead atoms. The molecule has 2 rings (SSSR count). The first-order valence-corrected chi connectivity index (χ1v) is 6.19. The van der Waals surface area contributed by atoms with Crippen LogP contribution in [-0.4, -0.2) is 30.6 Å². The van der Waals surface area contributed by atoms with Crippen LogP contribution in [0, 0.1) is 17.8 Å². The minimum atomic E-state index is 0.154. The van der Waals surface area contributed by atoms with Crippen LogP contribution >= 0.6 is 0 Å². The summed E-state index contributed by atoms with van der Waals surface area (Å²) < 4.78 is 0. The molecule has 1 saturated carbocycles. The summed E-state index contributed by atoms with van der Waals surface area (Å²) in [6.45, 7) is 7.27. The van der Waals surface area contributed by atoms with Gasteiger partial charge in [-0.3, -0.25) is 0 Å². The molecular weight excluding hydrogens is 188 g/mol. The van der Waals surface area contributed by atoms with Crippen LogP contribution in [0.3, 0.4) is 0 Å². The van der Waals surface area contributed by atoms with Crippen LogP contribution in [0.4, 0.5) is 4.79 Å². The molecular formula is C12H22N2O. The molecule has 0 spiro atoms. The highest BCUT2D eigenvalue weighted by Gasteiger charge is 2.33. The Morgan fingerprint density at radius 1 is 1.33 bits per heavy atom. The summed E-state index contributed by atoms with van der Waals surface area (Å²) >= 11 is 0. The molecule has 3 nitrogen and oxygen atoms in total. The number of rotatable bonds is 2. The van der Waals surface area contributed by atoms with Gasteiger partial charge in [-0.05, 0) is 37.0 Å². The number of piperidine rings is 1. The molecule has 2 unspecified atom stereocenters. The second-order valence-corrected chi connectivity index (χ2v) is 5.33. The van der Waals surface area contributed by atoms with Gasteiger partial charge in [0, 0.05) is 19.6 Å². The van der Waals surface area contributed by atoms with Crippen LogP contribution in [0.1, 0.15) is 33.1 Å². The predicted molar refractivity (Wildman–Crippen MR) is 60.6 cm³/mol. The van der Waals surface area contributed by atoms with Gasteiger partial charge < -0.3 is 10.2 Å². The third-order valence-corrected chi connectivity index (χ3v) is 3.86. The lowest BCUT2D eigenvalue weighted by molar-refractivity contribution is 0.173. The Hall–Kier alpha value is -0.730. The van der Waals surface area contributed by atoms with Crippen molar-refractivity contribution in [2.45, 2.75) is 33.1 Å². The minimum absolute atomic E-state index is 0.154. The number of likely N-dealkylation sites (tertiary alicyclic amines) is 1. The monoisotopic (exact) mass is 210 g/mol. The van der Waals surface area contributed by atoms with E-state index in [4.69, 9.17) is 0 Å². The maximum absolute atomic E-state index is 11.8. The van der Waals surface area contributed by atoms with Crippen LogP contribution < -0.4 is 5.32 Å². The maximum atomic E-state index is 11.8. The molecule has 2 fully saturated rings. The van der Waals surface area contributed by atoms with Crippen LogP contribution in [0.25, 0.3) is 0 Å². The fraction of sp³-hybridized carbons (Fsp3) is 0.917. The quantitative estimate of drug-likeness (QED) is 0.743. The van der Waals surface area contributed by atoms with Crippen LogP contribution in [0.2, 0.25) is 0 Å². The molecule has 1 aliphatic carbocycles. The van der Waals surface area contributed by atoms with Gasteiger partial charge in [-0.15, -0.1) is 0 Å². The predicted octanol–water partition coefficient (Wildman–Crippen LogP) is 2.08. The van der Waals surface area contributed by atoms with Crippen molar-refractivity contribution in [3.8, 4) is 0 Å². The van der Waals surface area contributed by atoms with Crippen LogP contribution in [-0.2, 0) is 0 Å². The zero-order valence-electron chi connectivity index (χ0n) is 9.83. The number of hydrogen-bond donors (Lipinski definition) is 1. The zero-order valence-corrected chi connectivity index (χ0v) is 9.83. The Kier molecular flexibility index (Phi) is 3.17. The van der Waals surface area contributed by atoms with Gasteiger partial charge in [0.1, 0.15) is 0 Å². The van der Waals surface area contributed by atoms with Crippen molar-refractivity contribution in [2.24, 2.45) is 17.8 Å². The van der Waals surface area contributed by atoms with Gasteiger partial charge >= 0.3 is 6.03 Å². The van der Waals surface area contributed by atoms with Gasteiger partial charge in [0.2, 0.25) is 0 Å². The van der Waals surface area contributed by atoms with Crippen molar-refractivity contribution >= 4 is 6.03 Å². The molecule has 15 heavy (non-hydrogen) atoms. The highest BCUT2D eigenvalue weighted by molar-refractivity contribution is 5.74. The molecule has 2 aliphatic rings. The van der Waals surface area contributed by atoms with E-state index in [2.05, 4.69) is 19.2 Å². The number of carbonyl (C=O) groups is 1. The summed E-state index contributed by atoms with van der Waals surface area (Å²) in [6, 6.07) is 0.154. The van der Waals surface area contributed by atoms with Gasteiger partial charge in [0.05, 0.1) is 0 Å². The number of hydrogen-bond acceptors (Lipinski definition) is 1. The second kappa shape index (κ2) is 4.42. The molecule has 0 radical (unpaired) electrons. The van der Waals surface area contributed by atoms with Gasteiger partial charge in [0.15, 0.2) is 0 Å². The van der Waals surface area contributed by atoms with E-state index in [1.165, 1.54) is 6.42 Å². The minimum Gasteiger partial charge on any atom is -0.338 e. The van der Waals surface area contributed by atoms with Crippen molar-refractivity contribution in [1.29, 1.82) is 0 Å². The normalized spacial score (nSPS) is 31.5. The van der Waals surface area contributed by atoms with E-state index in [9.17, 15) is 4.79 Å². The summed E-state index contributed by atoms with van der Waals surface area (Å²) in [7, 11) is 0. The first-order valence-electron chi connectivity index (χ1n) is 6.19. The number of carbonyl (C=O) groups excluding carboxylic acids is 1. The fourth-order valence-electron chi connectivity index (χ4n) is 2.23. The van der Waals surface area contributed by atoms with E-state index in [0.717, 1.165) is 50.2 Å². The SMILES string of the molecule is CC1CCN(C(=O)NCC2CC2C)CC1. The summed E-state index contributed by atoms with van der Waals surface area (Å²) in [4.78, 5) is 13.7. The molecule has 1 saturated heterocycles. The molecule has 1 heterocycles. The van der Waals surface area contributed by atoms with E-state index < -0.39 is 0 Å². The first kappa shape index (κ1) is 10.8. The van der Waals surface area contributed by atoms with E-state index in [1.807, 2.05) is 4.90 Å². The van der Waals surface area contributed by atoms with Gasteiger partial charge in [-0.25, -0.2) is 4.79 Å². The van der Waals surface area contributed by atoms with Crippen molar-refractivity contribution in [2.75, 3.05) is 19.6 Å². The average molecular weight is 210 g/mol. The Morgan fingerprint density at radius 3 is 2.47 bits per heavy atom. The Balaban J connectivity index is 1.66.